The molecule has 4 nitrogen and oxygen atoms in total. The first-order chi connectivity index (χ1) is 10.2. The van der Waals surface area contributed by atoms with Crippen LogP contribution in [0.2, 0.25) is 0 Å². The minimum atomic E-state index is -0.396. The quantitative estimate of drug-likeness (QED) is 0.695. The highest BCUT2D eigenvalue weighted by Gasteiger charge is 2.31. The molecule has 4 heteroatoms. The van der Waals surface area contributed by atoms with Crippen LogP contribution >= 0.6 is 0 Å². The van der Waals surface area contributed by atoms with Gasteiger partial charge in [-0.3, -0.25) is 9.59 Å². The van der Waals surface area contributed by atoms with Crippen LogP contribution < -0.4 is 0 Å². The number of H-pyrrole nitrogens is 1. The number of aromatic nitrogens is 1. The van der Waals surface area contributed by atoms with Crippen molar-refractivity contribution in [3.8, 4) is 0 Å². The molecule has 1 aromatic carbocycles. The fourth-order valence-electron chi connectivity index (χ4n) is 3.20. The number of fused-ring (bicyclic) bond motifs is 1. The molecule has 1 saturated heterocycles. The van der Waals surface area contributed by atoms with Crippen LogP contribution in [0.1, 0.15) is 43.0 Å². The number of nitrogens with one attached hydrogen (secondary N) is 1. The zero-order valence-electron chi connectivity index (χ0n) is 12.3. The number of rotatable bonds is 3. The van der Waals surface area contributed by atoms with Crippen LogP contribution in [-0.2, 0) is 4.79 Å². The minimum absolute atomic E-state index is 0.209. The van der Waals surface area contributed by atoms with Crippen molar-refractivity contribution in [2.24, 2.45) is 0 Å². The van der Waals surface area contributed by atoms with E-state index in [-0.39, 0.29) is 11.9 Å². The van der Waals surface area contributed by atoms with Crippen molar-refractivity contribution in [2.45, 2.75) is 38.6 Å². The number of piperidine rings is 1. The number of likely N-dealkylation sites (tertiary alicyclic amines) is 1. The van der Waals surface area contributed by atoms with E-state index in [0.717, 1.165) is 36.6 Å². The smallest absolute Gasteiger partial charge is 0.295 e. The molecule has 3 rings (SSSR count). The van der Waals surface area contributed by atoms with Crippen molar-refractivity contribution in [2.75, 3.05) is 6.54 Å². The normalized spacial score (nSPS) is 18.9. The number of hydrogen-bond acceptors (Lipinski definition) is 2. The fourth-order valence-corrected chi connectivity index (χ4v) is 3.20. The largest absolute Gasteiger partial charge is 0.360 e. The molecule has 0 radical (unpaired) electrons. The van der Waals surface area contributed by atoms with Gasteiger partial charge in [-0.25, -0.2) is 0 Å². The third-order valence-electron chi connectivity index (χ3n) is 4.39. The van der Waals surface area contributed by atoms with E-state index < -0.39 is 5.78 Å². The molecular formula is C17H20N2O2. The summed E-state index contributed by atoms with van der Waals surface area (Å²) in [5, 5.41) is 0.820. The zero-order valence-corrected chi connectivity index (χ0v) is 12.3. The average molecular weight is 284 g/mol. The lowest BCUT2D eigenvalue weighted by Crippen LogP contribution is -2.46. The van der Waals surface area contributed by atoms with E-state index in [4.69, 9.17) is 0 Å². The van der Waals surface area contributed by atoms with Crippen molar-refractivity contribution in [1.82, 2.24) is 9.88 Å². The highest BCUT2D eigenvalue weighted by molar-refractivity contribution is 6.44. The molecule has 1 fully saturated rings. The maximum atomic E-state index is 12.6. The van der Waals surface area contributed by atoms with Crippen molar-refractivity contribution in [1.29, 1.82) is 0 Å². The Balaban J connectivity index is 1.89. The van der Waals surface area contributed by atoms with Crippen LogP contribution in [-0.4, -0.2) is 34.2 Å². The second kappa shape index (κ2) is 5.72. The Hall–Kier alpha value is -2.10. The maximum Gasteiger partial charge on any atom is 0.295 e. The first kappa shape index (κ1) is 13.9. The summed E-state index contributed by atoms with van der Waals surface area (Å²) in [5.41, 5.74) is 1.37. The predicted molar refractivity (Wildman–Crippen MR) is 82.3 cm³/mol. The Morgan fingerprint density at radius 1 is 1.29 bits per heavy atom. The average Bonchev–Trinajstić information content (AvgIpc) is 2.97. The van der Waals surface area contributed by atoms with Crippen LogP contribution in [0.3, 0.4) is 0 Å². The van der Waals surface area contributed by atoms with Crippen LogP contribution in [0.15, 0.2) is 30.5 Å². The van der Waals surface area contributed by atoms with Crippen LogP contribution in [0, 0.1) is 0 Å². The molecule has 0 bridgehead atoms. The standard InChI is InChI=1S/C17H20N2O2/c1-2-12-7-5-6-10-19(12)17(21)16(20)14-11-18-15-9-4-3-8-13(14)15/h3-4,8-9,11-12,18H,2,5-7,10H2,1H3/t12-/m0/s1. The molecule has 110 valence electrons. The van der Waals surface area contributed by atoms with Gasteiger partial charge in [-0.1, -0.05) is 25.1 Å². The number of carbonyl (C=O) groups is 2. The van der Waals surface area contributed by atoms with Crippen LogP contribution in [0.25, 0.3) is 10.9 Å². The number of nitrogens with zero attached hydrogens (tertiary/aromatic N) is 1. The third kappa shape index (κ3) is 2.46. The Bertz CT molecular complexity index is 674. The van der Waals surface area contributed by atoms with Crippen molar-refractivity contribution in [3.05, 3.63) is 36.0 Å². The van der Waals surface area contributed by atoms with Crippen molar-refractivity contribution >= 4 is 22.6 Å². The Kier molecular flexibility index (Phi) is 3.78. The van der Waals surface area contributed by atoms with Gasteiger partial charge in [-0.15, -0.1) is 0 Å². The van der Waals surface area contributed by atoms with E-state index >= 15 is 0 Å². The summed E-state index contributed by atoms with van der Waals surface area (Å²) in [4.78, 5) is 30.0. The van der Waals surface area contributed by atoms with Crippen LogP contribution in [0.5, 0.6) is 0 Å². The molecule has 0 aliphatic carbocycles. The highest BCUT2D eigenvalue weighted by atomic mass is 16.2. The van der Waals surface area contributed by atoms with Gasteiger partial charge in [0.15, 0.2) is 0 Å². The van der Waals surface area contributed by atoms with E-state index in [1.54, 1.807) is 11.1 Å². The van der Waals surface area contributed by atoms with E-state index in [2.05, 4.69) is 11.9 Å². The highest BCUT2D eigenvalue weighted by Crippen LogP contribution is 2.23. The molecule has 1 aliphatic rings. The Morgan fingerprint density at radius 2 is 2.10 bits per heavy atom. The van der Waals surface area contributed by atoms with Gasteiger partial charge in [0.1, 0.15) is 0 Å². The lowest BCUT2D eigenvalue weighted by molar-refractivity contribution is -0.130. The van der Waals surface area contributed by atoms with Gasteiger partial charge in [0.05, 0.1) is 5.56 Å². The summed E-state index contributed by atoms with van der Waals surface area (Å²) in [6, 6.07) is 7.78. The second-order valence-corrected chi connectivity index (χ2v) is 5.63. The van der Waals surface area contributed by atoms with Gasteiger partial charge in [0.25, 0.3) is 11.7 Å². The molecule has 1 atom stereocenters. The first-order valence-corrected chi connectivity index (χ1v) is 7.63. The molecule has 21 heavy (non-hydrogen) atoms. The number of amides is 1. The van der Waals surface area contributed by atoms with E-state index in [0.29, 0.717) is 12.1 Å². The number of ketones is 1. The fraction of sp³-hybridized carbons (Fsp3) is 0.412. The molecule has 1 N–H and O–H groups in total. The molecule has 1 aliphatic heterocycles. The second-order valence-electron chi connectivity index (χ2n) is 5.63. The number of carbonyl (C=O) groups excluding carboxylic acids is 2. The van der Waals surface area contributed by atoms with Gasteiger partial charge in [-0.05, 0) is 31.7 Å². The molecule has 1 amide bonds. The zero-order chi connectivity index (χ0) is 14.8. The van der Waals surface area contributed by atoms with Crippen molar-refractivity contribution in [3.63, 3.8) is 0 Å². The molecule has 2 aromatic rings. The summed E-state index contributed by atoms with van der Waals surface area (Å²) >= 11 is 0. The molecule has 0 spiro atoms. The summed E-state index contributed by atoms with van der Waals surface area (Å²) in [6.07, 6.45) is 5.69. The molecule has 1 aromatic heterocycles. The SMILES string of the molecule is CC[C@H]1CCCCN1C(=O)C(=O)c1c[nH]c2ccccc12. The molecule has 0 saturated carbocycles. The molecule has 2 heterocycles. The van der Waals surface area contributed by atoms with E-state index in [1.807, 2.05) is 24.3 Å². The number of aromatic amines is 1. The van der Waals surface area contributed by atoms with Gasteiger partial charge >= 0.3 is 0 Å². The minimum Gasteiger partial charge on any atom is -0.360 e. The van der Waals surface area contributed by atoms with Crippen molar-refractivity contribution < 1.29 is 9.59 Å². The first-order valence-electron chi connectivity index (χ1n) is 7.63. The lowest BCUT2D eigenvalue weighted by atomic mass is 9.98. The number of hydrogen-bond donors (Lipinski definition) is 1. The predicted octanol–water partition coefficient (Wildman–Crippen LogP) is 3.14. The van der Waals surface area contributed by atoms with Gasteiger partial charge in [0, 0.05) is 29.7 Å². The third-order valence-corrected chi connectivity index (χ3v) is 4.39. The Labute approximate surface area is 124 Å². The number of Topliss-reactive ketones (excluding diaryl/α,β-unsaturated/α-hetero) is 1. The van der Waals surface area contributed by atoms with E-state index in [9.17, 15) is 9.59 Å². The Morgan fingerprint density at radius 3 is 2.90 bits per heavy atom. The molecule has 0 unspecified atom stereocenters. The topological polar surface area (TPSA) is 53.2 Å². The van der Waals surface area contributed by atoms with Gasteiger partial charge in [-0.2, -0.15) is 0 Å². The maximum absolute atomic E-state index is 12.6. The summed E-state index contributed by atoms with van der Waals surface area (Å²) in [7, 11) is 0. The summed E-state index contributed by atoms with van der Waals surface area (Å²) < 4.78 is 0. The monoisotopic (exact) mass is 284 g/mol. The number of benzene rings is 1. The van der Waals surface area contributed by atoms with Gasteiger partial charge < -0.3 is 9.88 Å². The van der Waals surface area contributed by atoms with Crippen LogP contribution in [0.4, 0.5) is 0 Å². The number of para-hydroxylation sites is 1. The lowest BCUT2D eigenvalue weighted by Gasteiger charge is -2.34. The summed E-state index contributed by atoms with van der Waals surface area (Å²) in [6.45, 7) is 2.78. The van der Waals surface area contributed by atoms with E-state index in [1.165, 1.54) is 0 Å². The summed E-state index contributed by atoms with van der Waals surface area (Å²) in [5.74, 6) is -0.751. The molecular weight excluding hydrogens is 264 g/mol. The van der Waals surface area contributed by atoms with Gasteiger partial charge in [0.2, 0.25) is 0 Å².